The summed E-state index contributed by atoms with van der Waals surface area (Å²) in [5, 5.41) is 8.16. The van der Waals surface area contributed by atoms with Crippen LogP contribution in [0.5, 0.6) is 5.75 Å². The molecular formula is C24H22F3N3O3. The first-order valence-electron chi connectivity index (χ1n) is 9.97. The van der Waals surface area contributed by atoms with Gasteiger partial charge < -0.3 is 20.7 Å². The van der Waals surface area contributed by atoms with Gasteiger partial charge in [-0.2, -0.15) is 13.2 Å². The van der Waals surface area contributed by atoms with Crippen LogP contribution >= 0.6 is 0 Å². The fraction of sp³-hybridized carbons (Fsp3) is 0.167. The van der Waals surface area contributed by atoms with Crippen molar-refractivity contribution in [3.8, 4) is 5.75 Å². The van der Waals surface area contributed by atoms with Gasteiger partial charge in [0.05, 0.1) is 19.2 Å². The molecule has 0 atom stereocenters. The van der Waals surface area contributed by atoms with Gasteiger partial charge in [-0.15, -0.1) is 0 Å². The fourth-order valence-electron chi connectivity index (χ4n) is 2.94. The van der Waals surface area contributed by atoms with Crippen molar-refractivity contribution < 1.29 is 27.5 Å². The van der Waals surface area contributed by atoms with Crippen molar-refractivity contribution in [2.75, 3.05) is 24.3 Å². The maximum atomic E-state index is 12.9. The van der Waals surface area contributed by atoms with Gasteiger partial charge in [0.2, 0.25) is 5.91 Å². The Morgan fingerprint density at radius 1 is 0.909 bits per heavy atom. The van der Waals surface area contributed by atoms with Crippen LogP contribution in [-0.2, 0) is 17.5 Å². The summed E-state index contributed by atoms with van der Waals surface area (Å²) >= 11 is 0. The normalized spacial score (nSPS) is 10.9. The molecule has 0 aliphatic rings. The van der Waals surface area contributed by atoms with Crippen molar-refractivity contribution in [1.82, 2.24) is 5.32 Å². The predicted molar refractivity (Wildman–Crippen MR) is 119 cm³/mol. The summed E-state index contributed by atoms with van der Waals surface area (Å²) in [4.78, 5) is 24.6. The third kappa shape index (κ3) is 6.99. The van der Waals surface area contributed by atoms with Crippen LogP contribution in [0.4, 0.5) is 24.5 Å². The second-order valence-electron chi connectivity index (χ2n) is 7.09. The van der Waals surface area contributed by atoms with Gasteiger partial charge in [0.15, 0.2) is 0 Å². The molecule has 3 N–H and O–H groups in total. The third-order valence-electron chi connectivity index (χ3n) is 4.67. The van der Waals surface area contributed by atoms with E-state index in [1.807, 2.05) is 12.1 Å². The summed E-state index contributed by atoms with van der Waals surface area (Å²) in [6.45, 7) is 0.332. The van der Waals surface area contributed by atoms with E-state index in [9.17, 15) is 22.8 Å². The smallest absolute Gasteiger partial charge is 0.416 e. The summed E-state index contributed by atoms with van der Waals surface area (Å²) in [6.07, 6.45) is -4.50. The average Bonchev–Trinajstić information content (AvgIpc) is 2.81. The molecule has 0 heterocycles. The molecule has 0 unspecified atom stereocenters. The van der Waals surface area contributed by atoms with Crippen LogP contribution in [0.25, 0.3) is 0 Å². The Morgan fingerprint density at radius 3 is 2.30 bits per heavy atom. The summed E-state index contributed by atoms with van der Waals surface area (Å²) in [6, 6.07) is 18.0. The van der Waals surface area contributed by atoms with Gasteiger partial charge >= 0.3 is 6.18 Å². The summed E-state index contributed by atoms with van der Waals surface area (Å²) in [5.41, 5.74) is 0.849. The Labute approximate surface area is 188 Å². The number of anilines is 2. The zero-order chi connectivity index (χ0) is 23.8. The molecule has 0 saturated carbocycles. The maximum absolute atomic E-state index is 12.9. The van der Waals surface area contributed by atoms with Gasteiger partial charge in [-0.25, -0.2) is 0 Å². The van der Waals surface area contributed by atoms with Crippen molar-refractivity contribution in [3.05, 3.63) is 89.5 Å². The summed E-state index contributed by atoms with van der Waals surface area (Å²) < 4.78 is 43.7. The molecule has 3 rings (SSSR count). The van der Waals surface area contributed by atoms with E-state index in [0.717, 1.165) is 23.4 Å². The van der Waals surface area contributed by atoms with E-state index >= 15 is 0 Å². The Balaban J connectivity index is 1.53. The first kappa shape index (κ1) is 23.6. The van der Waals surface area contributed by atoms with Crippen LogP contribution in [0.3, 0.4) is 0 Å². The molecule has 3 aromatic carbocycles. The SMILES string of the molecule is COc1ccc(CNC(=O)CNc2cccc(C(=O)Nc3cccc(C(F)(F)F)c3)c2)cc1. The second kappa shape index (κ2) is 10.5. The highest BCUT2D eigenvalue weighted by Crippen LogP contribution is 2.30. The second-order valence-corrected chi connectivity index (χ2v) is 7.09. The van der Waals surface area contributed by atoms with Gasteiger partial charge in [-0.3, -0.25) is 9.59 Å². The number of alkyl halides is 3. The zero-order valence-electron chi connectivity index (χ0n) is 17.7. The number of hydrogen-bond donors (Lipinski definition) is 3. The lowest BCUT2D eigenvalue weighted by Gasteiger charge is -2.11. The molecule has 3 aromatic rings. The van der Waals surface area contributed by atoms with E-state index in [1.165, 1.54) is 24.3 Å². The van der Waals surface area contributed by atoms with Crippen LogP contribution in [0.2, 0.25) is 0 Å². The molecule has 0 aliphatic heterocycles. The highest BCUT2D eigenvalue weighted by Gasteiger charge is 2.30. The number of nitrogens with one attached hydrogen (secondary N) is 3. The van der Waals surface area contributed by atoms with Crippen molar-refractivity contribution in [1.29, 1.82) is 0 Å². The lowest BCUT2D eigenvalue weighted by atomic mass is 10.1. The monoisotopic (exact) mass is 457 g/mol. The molecule has 0 bridgehead atoms. The molecule has 2 amide bonds. The van der Waals surface area contributed by atoms with E-state index in [2.05, 4.69) is 16.0 Å². The number of amides is 2. The van der Waals surface area contributed by atoms with Gasteiger partial charge in [0, 0.05) is 23.5 Å². The van der Waals surface area contributed by atoms with Crippen LogP contribution in [0.15, 0.2) is 72.8 Å². The first-order chi connectivity index (χ1) is 15.7. The highest BCUT2D eigenvalue weighted by molar-refractivity contribution is 6.04. The molecule has 9 heteroatoms. The highest BCUT2D eigenvalue weighted by atomic mass is 19.4. The van der Waals surface area contributed by atoms with Crippen molar-refractivity contribution in [3.63, 3.8) is 0 Å². The van der Waals surface area contributed by atoms with E-state index in [0.29, 0.717) is 12.2 Å². The molecule has 6 nitrogen and oxygen atoms in total. The Hall–Kier alpha value is -4.01. The number of carbonyl (C=O) groups is 2. The van der Waals surface area contributed by atoms with Gasteiger partial charge in [0.1, 0.15) is 5.75 Å². The Kier molecular flexibility index (Phi) is 7.55. The number of carbonyl (C=O) groups excluding carboxylic acids is 2. The van der Waals surface area contributed by atoms with Crippen molar-refractivity contribution in [2.24, 2.45) is 0 Å². The summed E-state index contributed by atoms with van der Waals surface area (Å²) in [5.74, 6) is -0.0877. The van der Waals surface area contributed by atoms with E-state index in [4.69, 9.17) is 4.74 Å². The molecule has 0 radical (unpaired) electrons. The van der Waals surface area contributed by atoms with Crippen molar-refractivity contribution in [2.45, 2.75) is 12.7 Å². The molecule has 0 fully saturated rings. The number of ether oxygens (including phenoxy) is 1. The molecule has 33 heavy (non-hydrogen) atoms. The number of rotatable bonds is 8. The van der Waals surface area contributed by atoms with Crippen LogP contribution < -0.4 is 20.7 Å². The Bertz CT molecular complexity index is 1120. The summed E-state index contributed by atoms with van der Waals surface area (Å²) in [7, 11) is 1.58. The number of benzene rings is 3. The molecule has 0 aliphatic carbocycles. The van der Waals surface area contributed by atoms with Crippen LogP contribution in [0, 0.1) is 0 Å². The molecular weight excluding hydrogens is 435 g/mol. The molecule has 0 saturated heterocycles. The quantitative estimate of drug-likeness (QED) is 0.458. The van der Waals surface area contributed by atoms with Crippen molar-refractivity contribution >= 4 is 23.2 Å². The first-order valence-corrected chi connectivity index (χ1v) is 9.97. The minimum absolute atomic E-state index is 0.0190. The Morgan fingerprint density at radius 2 is 1.61 bits per heavy atom. The average molecular weight is 457 g/mol. The maximum Gasteiger partial charge on any atom is 0.416 e. The number of methoxy groups -OCH3 is 1. The minimum Gasteiger partial charge on any atom is -0.497 e. The van der Waals surface area contributed by atoms with E-state index in [-0.39, 0.29) is 23.7 Å². The minimum atomic E-state index is -4.50. The largest absolute Gasteiger partial charge is 0.497 e. The van der Waals surface area contributed by atoms with E-state index < -0.39 is 17.6 Å². The van der Waals surface area contributed by atoms with E-state index in [1.54, 1.807) is 31.4 Å². The van der Waals surface area contributed by atoms with Crippen LogP contribution in [0.1, 0.15) is 21.5 Å². The van der Waals surface area contributed by atoms with Gasteiger partial charge in [-0.1, -0.05) is 24.3 Å². The lowest BCUT2D eigenvalue weighted by Crippen LogP contribution is -2.29. The topological polar surface area (TPSA) is 79.5 Å². The predicted octanol–water partition coefficient (Wildman–Crippen LogP) is 4.69. The number of halogens is 3. The number of hydrogen-bond acceptors (Lipinski definition) is 4. The van der Waals surface area contributed by atoms with Crippen LogP contribution in [-0.4, -0.2) is 25.5 Å². The standard InChI is InChI=1S/C24H22F3N3O3/c1-33-21-10-8-16(9-11-21)14-29-22(31)15-28-19-6-2-4-17(12-19)23(32)30-20-7-3-5-18(13-20)24(25,26)27/h2-13,28H,14-15H2,1H3,(H,29,31)(H,30,32). The molecule has 0 spiro atoms. The third-order valence-corrected chi connectivity index (χ3v) is 4.67. The zero-order valence-corrected chi connectivity index (χ0v) is 17.7. The molecule has 0 aromatic heterocycles. The van der Waals surface area contributed by atoms with Gasteiger partial charge in [0.25, 0.3) is 5.91 Å². The lowest BCUT2D eigenvalue weighted by molar-refractivity contribution is -0.137. The molecule has 172 valence electrons. The fourth-order valence-corrected chi connectivity index (χ4v) is 2.94. The van der Waals surface area contributed by atoms with Gasteiger partial charge in [-0.05, 0) is 54.1 Å².